The molecule has 0 spiro atoms. The summed E-state index contributed by atoms with van der Waals surface area (Å²) >= 11 is 1.29. The maximum atomic E-state index is 13.5. The maximum Gasteiger partial charge on any atom is 0.277 e. The van der Waals surface area contributed by atoms with Crippen LogP contribution in [0.5, 0.6) is 0 Å². The summed E-state index contributed by atoms with van der Waals surface area (Å²) in [6.45, 7) is 0. The van der Waals surface area contributed by atoms with Gasteiger partial charge in [-0.25, -0.2) is 19.0 Å². The van der Waals surface area contributed by atoms with Crippen molar-refractivity contribution in [1.29, 1.82) is 0 Å². The van der Waals surface area contributed by atoms with Crippen LogP contribution in [0.25, 0.3) is 28.0 Å². The molecule has 0 bridgehead atoms. The smallest absolute Gasteiger partial charge is 0.277 e. The number of halogens is 1. The van der Waals surface area contributed by atoms with Gasteiger partial charge in [-0.05, 0) is 30.3 Å². The molecule has 30 heavy (non-hydrogen) atoms. The number of fused-ring (bicyclic) bond motifs is 1. The summed E-state index contributed by atoms with van der Waals surface area (Å²) in [7, 11) is 0. The number of pyridine rings is 1. The number of aromatic nitrogens is 5. The standard InChI is InChI=1S/C21H13FN6OS/c22-14-5-3-6-15(10-14)28-19(11-23-27-28)20(29)26-21-25-18(12-30-21)17-9-8-13-4-1-2-7-16(13)24-17/h1-12H,(H,25,26,29). The first kappa shape index (κ1) is 18.1. The minimum Gasteiger partial charge on any atom is -0.296 e. The van der Waals surface area contributed by atoms with E-state index in [-0.39, 0.29) is 5.69 Å². The Balaban J connectivity index is 1.39. The molecular weight excluding hydrogens is 403 g/mol. The molecule has 3 heterocycles. The van der Waals surface area contributed by atoms with Crippen molar-refractivity contribution >= 4 is 33.3 Å². The summed E-state index contributed by atoms with van der Waals surface area (Å²) < 4.78 is 14.8. The van der Waals surface area contributed by atoms with E-state index < -0.39 is 11.7 Å². The van der Waals surface area contributed by atoms with Crippen LogP contribution in [0.15, 0.2) is 72.2 Å². The lowest BCUT2D eigenvalue weighted by molar-refractivity contribution is 0.101. The topological polar surface area (TPSA) is 85.6 Å². The molecule has 146 valence electrons. The van der Waals surface area contributed by atoms with Crippen molar-refractivity contribution in [3.05, 3.63) is 83.8 Å². The molecule has 0 saturated carbocycles. The van der Waals surface area contributed by atoms with Gasteiger partial charge in [-0.1, -0.05) is 35.5 Å². The van der Waals surface area contributed by atoms with E-state index in [1.54, 1.807) is 6.07 Å². The quantitative estimate of drug-likeness (QED) is 0.471. The lowest BCUT2D eigenvalue weighted by Crippen LogP contribution is -2.17. The molecule has 9 heteroatoms. The zero-order valence-electron chi connectivity index (χ0n) is 15.4. The summed E-state index contributed by atoms with van der Waals surface area (Å²) in [5, 5.41) is 13.7. The Morgan fingerprint density at radius 2 is 1.90 bits per heavy atom. The van der Waals surface area contributed by atoms with E-state index >= 15 is 0 Å². The Kier molecular flexibility index (Phi) is 4.49. The van der Waals surface area contributed by atoms with E-state index in [1.165, 1.54) is 40.4 Å². The molecule has 0 saturated heterocycles. The predicted molar refractivity (Wildman–Crippen MR) is 112 cm³/mol. The second-order valence-corrected chi connectivity index (χ2v) is 7.25. The van der Waals surface area contributed by atoms with Gasteiger partial charge in [0.2, 0.25) is 0 Å². The van der Waals surface area contributed by atoms with Gasteiger partial charge in [0.1, 0.15) is 11.5 Å². The fraction of sp³-hybridized carbons (Fsp3) is 0. The molecule has 1 amide bonds. The first-order chi connectivity index (χ1) is 14.7. The Hall–Kier alpha value is -3.98. The Labute approximate surface area is 173 Å². The number of rotatable bonds is 4. The Bertz CT molecular complexity index is 1380. The fourth-order valence-electron chi connectivity index (χ4n) is 3.01. The molecular formula is C21H13FN6OS. The van der Waals surface area contributed by atoms with Crippen LogP contribution in [-0.4, -0.2) is 30.9 Å². The molecule has 7 nitrogen and oxygen atoms in total. The van der Waals surface area contributed by atoms with E-state index in [2.05, 4.69) is 25.6 Å². The highest BCUT2D eigenvalue weighted by molar-refractivity contribution is 7.14. The van der Waals surface area contributed by atoms with Crippen LogP contribution < -0.4 is 5.32 Å². The summed E-state index contributed by atoms with van der Waals surface area (Å²) in [4.78, 5) is 21.8. The maximum absolute atomic E-state index is 13.5. The van der Waals surface area contributed by atoms with Crippen molar-refractivity contribution in [2.75, 3.05) is 5.32 Å². The molecule has 0 aliphatic carbocycles. The van der Waals surface area contributed by atoms with Gasteiger partial charge in [-0.2, -0.15) is 0 Å². The number of para-hydroxylation sites is 1. The zero-order valence-corrected chi connectivity index (χ0v) is 16.2. The van der Waals surface area contributed by atoms with Crippen molar-refractivity contribution in [2.45, 2.75) is 0 Å². The molecule has 5 aromatic rings. The van der Waals surface area contributed by atoms with Gasteiger partial charge >= 0.3 is 0 Å². The fourth-order valence-corrected chi connectivity index (χ4v) is 3.71. The molecule has 0 unspecified atom stereocenters. The van der Waals surface area contributed by atoms with Crippen molar-refractivity contribution in [3.8, 4) is 17.1 Å². The van der Waals surface area contributed by atoms with Gasteiger partial charge < -0.3 is 0 Å². The van der Waals surface area contributed by atoms with Gasteiger partial charge in [0.25, 0.3) is 5.91 Å². The minimum atomic E-state index is -0.448. The number of hydrogen-bond acceptors (Lipinski definition) is 6. The van der Waals surface area contributed by atoms with E-state index in [1.807, 2.05) is 41.8 Å². The van der Waals surface area contributed by atoms with E-state index in [0.29, 0.717) is 16.5 Å². The monoisotopic (exact) mass is 416 g/mol. The molecule has 3 aromatic heterocycles. The molecule has 2 aromatic carbocycles. The molecule has 0 aliphatic rings. The van der Waals surface area contributed by atoms with E-state index in [0.717, 1.165) is 16.6 Å². The highest BCUT2D eigenvalue weighted by Gasteiger charge is 2.17. The lowest BCUT2D eigenvalue weighted by atomic mass is 10.2. The van der Waals surface area contributed by atoms with Gasteiger partial charge in [0, 0.05) is 10.8 Å². The highest BCUT2D eigenvalue weighted by Crippen LogP contribution is 2.26. The number of nitrogens with zero attached hydrogens (tertiary/aromatic N) is 5. The van der Waals surface area contributed by atoms with E-state index in [9.17, 15) is 9.18 Å². The first-order valence-electron chi connectivity index (χ1n) is 8.97. The zero-order chi connectivity index (χ0) is 20.5. The summed E-state index contributed by atoms with van der Waals surface area (Å²) in [5.74, 6) is -0.876. The summed E-state index contributed by atoms with van der Waals surface area (Å²) in [5.41, 5.74) is 2.83. The van der Waals surface area contributed by atoms with Crippen LogP contribution in [0.3, 0.4) is 0 Å². The van der Waals surface area contributed by atoms with Gasteiger partial charge in [0.15, 0.2) is 10.8 Å². The van der Waals surface area contributed by atoms with Gasteiger partial charge in [-0.15, -0.1) is 16.4 Å². The third-order valence-electron chi connectivity index (χ3n) is 4.42. The summed E-state index contributed by atoms with van der Waals surface area (Å²) in [6, 6.07) is 17.5. The van der Waals surface area contributed by atoms with Crippen molar-refractivity contribution in [2.24, 2.45) is 0 Å². The minimum absolute atomic E-state index is 0.168. The van der Waals surface area contributed by atoms with Crippen LogP contribution in [0.4, 0.5) is 9.52 Å². The molecule has 0 aliphatic heterocycles. The SMILES string of the molecule is O=C(Nc1nc(-c2ccc3ccccc3n2)cs1)c1cnnn1-c1cccc(F)c1. The van der Waals surface area contributed by atoms with Crippen molar-refractivity contribution in [3.63, 3.8) is 0 Å². The number of carbonyl (C=O) groups excluding carboxylic acids is 1. The number of anilines is 1. The van der Waals surface area contributed by atoms with Gasteiger partial charge in [-0.3, -0.25) is 10.1 Å². The largest absolute Gasteiger partial charge is 0.296 e. The van der Waals surface area contributed by atoms with Crippen molar-refractivity contribution in [1.82, 2.24) is 25.0 Å². The number of carbonyl (C=O) groups is 1. The first-order valence-corrected chi connectivity index (χ1v) is 9.85. The highest BCUT2D eigenvalue weighted by atomic mass is 32.1. The number of amides is 1. The third kappa shape index (κ3) is 3.42. The second-order valence-electron chi connectivity index (χ2n) is 6.39. The normalized spacial score (nSPS) is 11.0. The predicted octanol–water partition coefficient (Wildman–Crippen LogP) is 4.33. The van der Waals surface area contributed by atoms with Gasteiger partial charge in [0.05, 0.1) is 23.1 Å². The molecule has 0 atom stereocenters. The molecule has 1 N–H and O–H groups in total. The number of hydrogen-bond donors (Lipinski definition) is 1. The second kappa shape index (κ2) is 7.45. The van der Waals surface area contributed by atoms with Crippen LogP contribution >= 0.6 is 11.3 Å². The van der Waals surface area contributed by atoms with Crippen LogP contribution in [0, 0.1) is 5.82 Å². The Morgan fingerprint density at radius 1 is 1.00 bits per heavy atom. The Morgan fingerprint density at radius 3 is 2.80 bits per heavy atom. The lowest BCUT2D eigenvalue weighted by Gasteiger charge is -2.05. The molecule has 5 rings (SSSR count). The molecule has 0 fully saturated rings. The average Bonchev–Trinajstić information content (AvgIpc) is 3.43. The number of benzene rings is 2. The third-order valence-corrected chi connectivity index (χ3v) is 5.18. The average molecular weight is 416 g/mol. The van der Waals surface area contributed by atoms with Crippen LogP contribution in [0.1, 0.15) is 10.5 Å². The van der Waals surface area contributed by atoms with Crippen LogP contribution in [-0.2, 0) is 0 Å². The number of nitrogens with one attached hydrogen (secondary N) is 1. The van der Waals surface area contributed by atoms with E-state index in [4.69, 9.17) is 0 Å². The van der Waals surface area contributed by atoms with Crippen LogP contribution in [0.2, 0.25) is 0 Å². The molecule has 0 radical (unpaired) electrons. The number of thiazole rings is 1. The summed E-state index contributed by atoms with van der Waals surface area (Å²) in [6.07, 6.45) is 1.32. The van der Waals surface area contributed by atoms with Crippen molar-refractivity contribution < 1.29 is 9.18 Å².